The molecule has 8 N–H and O–H groups in total. The molecule has 0 aliphatic carbocycles. The van der Waals surface area contributed by atoms with Gasteiger partial charge in [-0.25, -0.2) is 8.42 Å². The van der Waals surface area contributed by atoms with Crippen LogP contribution in [0.1, 0.15) is 129 Å². The molecule has 0 spiro atoms. The first-order chi connectivity index (χ1) is 24.9. The Morgan fingerprint density at radius 2 is 0.923 bits per heavy atom. The highest BCUT2D eigenvalue weighted by atomic mass is 32.2. The van der Waals surface area contributed by atoms with Crippen molar-refractivity contribution in [2.24, 2.45) is 0 Å². The van der Waals surface area contributed by atoms with E-state index in [1.165, 1.54) is 32.1 Å². The number of aliphatic hydroxyl groups is 6. The van der Waals surface area contributed by atoms with Crippen molar-refractivity contribution in [3.8, 4) is 0 Å². The summed E-state index contributed by atoms with van der Waals surface area (Å²) in [6.07, 6.45) is 13.4. The predicted molar refractivity (Wildman–Crippen MR) is 196 cm³/mol. The van der Waals surface area contributed by atoms with Crippen molar-refractivity contribution in [2.75, 3.05) is 78.9 Å². The lowest BCUT2D eigenvalue weighted by Crippen LogP contribution is -3.13. The first kappa shape index (κ1) is 54.9. The van der Waals surface area contributed by atoms with Gasteiger partial charge in [0.1, 0.15) is 55.5 Å². The highest BCUT2D eigenvalue weighted by Gasteiger charge is 2.28. The molecule has 0 amide bonds. The molecule has 2 atom stereocenters. The van der Waals surface area contributed by atoms with Gasteiger partial charge in [-0.1, -0.05) is 84.5 Å². The SMILES string of the molecule is CCCCCCCCCCCC(=O)OC(CCCCCCCC(=O)[O-])C(CC)S(=O)(=O)[O-].OCC[NH+](CCO)CCO.OCC[NH+](CCO)CCO. The van der Waals surface area contributed by atoms with Gasteiger partial charge in [0.2, 0.25) is 0 Å². The minimum atomic E-state index is -4.56. The minimum Gasteiger partial charge on any atom is -0.748 e. The lowest BCUT2D eigenvalue weighted by Gasteiger charge is -2.28. The Labute approximate surface area is 314 Å². The highest BCUT2D eigenvalue weighted by molar-refractivity contribution is 7.86. The summed E-state index contributed by atoms with van der Waals surface area (Å²) in [4.78, 5) is 24.7. The summed E-state index contributed by atoms with van der Waals surface area (Å²) in [6.45, 7) is 8.04. The number of hydrogen-bond donors (Lipinski definition) is 8. The number of aliphatic hydroxyl groups excluding tert-OH is 6. The Morgan fingerprint density at radius 3 is 1.25 bits per heavy atom. The number of unbranched alkanes of at least 4 members (excludes halogenated alkanes) is 12. The smallest absolute Gasteiger partial charge is 0.306 e. The van der Waals surface area contributed by atoms with Crippen LogP contribution in [0.15, 0.2) is 0 Å². The molecule has 0 aliphatic rings. The molecule has 0 heterocycles. The molecule has 0 saturated carbocycles. The van der Waals surface area contributed by atoms with Crippen molar-refractivity contribution >= 4 is 22.1 Å². The Kier molecular flexibility index (Phi) is 43.0. The zero-order valence-electron chi connectivity index (χ0n) is 32.3. The van der Waals surface area contributed by atoms with Crippen molar-refractivity contribution in [2.45, 2.75) is 141 Å². The quantitative estimate of drug-likeness (QED) is 0.0207. The van der Waals surface area contributed by atoms with Gasteiger partial charge in [0.15, 0.2) is 0 Å². The van der Waals surface area contributed by atoms with Crippen LogP contribution >= 0.6 is 0 Å². The second-order valence-corrected chi connectivity index (χ2v) is 14.7. The molecule has 0 bridgehead atoms. The molecule has 0 aliphatic heterocycles. The van der Waals surface area contributed by atoms with Crippen LogP contribution in [0.4, 0.5) is 0 Å². The summed E-state index contributed by atoms with van der Waals surface area (Å²) < 4.78 is 40.4. The molecule has 0 fully saturated rings. The number of carbonyl (C=O) groups excluding carboxylic acids is 2. The average Bonchev–Trinajstić information content (AvgIpc) is 3.08. The van der Waals surface area contributed by atoms with E-state index in [0.717, 1.165) is 48.3 Å². The Morgan fingerprint density at radius 1 is 0.577 bits per heavy atom. The van der Waals surface area contributed by atoms with E-state index >= 15 is 0 Å². The molecular weight excluding hydrogens is 700 g/mol. The number of rotatable bonds is 34. The zero-order valence-corrected chi connectivity index (χ0v) is 33.1. The zero-order chi connectivity index (χ0) is 39.9. The fourth-order valence-corrected chi connectivity index (χ4v) is 6.60. The van der Waals surface area contributed by atoms with Gasteiger partial charge in [0, 0.05) is 12.4 Å². The predicted octanol–water partition coefficient (Wildman–Crippen LogP) is -1.68. The number of hydrogen-bond acceptors (Lipinski definition) is 13. The van der Waals surface area contributed by atoms with Gasteiger partial charge >= 0.3 is 5.97 Å². The van der Waals surface area contributed by atoms with Crippen molar-refractivity contribution in [3.63, 3.8) is 0 Å². The second-order valence-electron chi connectivity index (χ2n) is 13.1. The van der Waals surface area contributed by atoms with E-state index in [0.29, 0.717) is 65.0 Å². The molecule has 0 aromatic rings. The van der Waals surface area contributed by atoms with E-state index in [-0.39, 0.29) is 58.9 Å². The molecule has 52 heavy (non-hydrogen) atoms. The number of esters is 1. The molecular formula is C36H76N2O13S. The number of carbonyl (C=O) groups is 2. The standard InChI is InChI=1S/C24H46O7S.2C6H15NO3/c1-3-5-6-7-8-9-10-14-17-20-24(27)31-21(22(4-2)32(28,29)30)18-15-12-11-13-16-19-23(25)26;2*8-4-1-7(2-5-9)3-6-10/h21-22H,3-20H2,1-2H3,(H,25,26)(H,28,29,30);2*8-10H,1-6H2. The fourth-order valence-electron chi connectivity index (χ4n) is 5.63. The number of carboxylic acid groups (broad SMARTS) is 1. The molecule has 15 nitrogen and oxygen atoms in total. The third-order valence-corrected chi connectivity index (χ3v) is 10.00. The molecule has 0 radical (unpaired) electrons. The van der Waals surface area contributed by atoms with Crippen molar-refractivity contribution in [1.29, 1.82) is 0 Å². The molecule has 314 valence electrons. The average molecular weight is 777 g/mol. The summed E-state index contributed by atoms with van der Waals surface area (Å²) in [5.41, 5.74) is 0. The van der Waals surface area contributed by atoms with Gasteiger partial charge < -0.3 is 59.6 Å². The van der Waals surface area contributed by atoms with Crippen molar-refractivity contribution in [3.05, 3.63) is 0 Å². The van der Waals surface area contributed by atoms with Gasteiger partial charge in [0.05, 0.1) is 44.9 Å². The number of ether oxygens (including phenoxy) is 1. The van der Waals surface area contributed by atoms with E-state index in [1.807, 2.05) is 0 Å². The summed E-state index contributed by atoms with van der Waals surface area (Å²) in [6, 6.07) is 0. The normalized spacial score (nSPS) is 12.5. The van der Waals surface area contributed by atoms with Crippen molar-refractivity contribution in [1.82, 2.24) is 0 Å². The second kappa shape index (κ2) is 40.7. The topological polar surface area (TPSA) is 254 Å². The highest BCUT2D eigenvalue weighted by Crippen LogP contribution is 2.21. The van der Waals surface area contributed by atoms with Crippen LogP contribution in [0.25, 0.3) is 0 Å². The largest absolute Gasteiger partial charge is 0.748 e. The molecule has 0 aromatic carbocycles. The lowest BCUT2D eigenvalue weighted by molar-refractivity contribution is -0.901. The number of carboxylic acids is 1. The van der Waals surface area contributed by atoms with Gasteiger partial charge in [-0.15, -0.1) is 0 Å². The number of aliphatic carboxylic acids is 1. The summed E-state index contributed by atoms with van der Waals surface area (Å²) >= 11 is 0. The summed E-state index contributed by atoms with van der Waals surface area (Å²) in [7, 11) is -4.56. The van der Waals surface area contributed by atoms with Gasteiger partial charge in [0.25, 0.3) is 0 Å². The summed E-state index contributed by atoms with van der Waals surface area (Å²) in [5, 5.41) is 60.2. The van der Waals surface area contributed by atoms with Crippen LogP contribution in [-0.2, 0) is 24.4 Å². The summed E-state index contributed by atoms with van der Waals surface area (Å²) in [5.74, 6) is -1.50. The van der Waals surface area contributed by atoms with Gasteiger partial charge in [-0.2, -0.15) is 0 Å². The van der Waals surface area contributed by atoms with E-state index in [2.05, 4.69) is 6.92 Å². The third kappa shape index (κ3) is 38.3. The molecule has 0 saturated heterocycles. The van der Waals surface area contributed by atoms with Crippen LogP contribution in [-0.4, -0.2) is 146 Å². The van der Waals surface area contributed by atoms with E-state index in [4.69, 9.17) is 35.4 Å². The Balaban J connectivity index is -0.000000969. The third-order valence-electron chi connectivity index (χ3n) is 8.62. The van der Waals surface area contributed by atoms with E-state index in [9.17, 15) is 27.7 Å². The van der Waals surface area contributed by atoms with Crippen LogP contribution in [0.2, 0.25) is 0 Å². The van der Waals surface area contributed by atoms with Crippen LogP contribution in [0, 0.1) is 0 Å². The Bertz CT molecular complexity index is 838. The van der Waals surface area contributed by atoms with Crippen LogP contribution in [0.5, 0.6) is 0 Å². The Hall–Kier alpha value is -1.47. The molecule has 0 rings (SSSR count). The van der Waals surface area contributed by atoms with Crippen LogP contribution < -0.4 is 14.9 Å². The lowest BCUT2D eigenvalue weighted by atomic mass is 10.0. The maximum Gasteiger partial charge on any atom is 0.306 e. The first-order valence-corrected chi connectivity index (χ1v) is 21.0. The number of quaternary nitrogens is 2. The number of nitrogens with one attached hydrogen (secondary N) is 2. The van der Waals surface area contributed by atoms with Gasteiger partial charge in [-0.3, -0.25) is 4.79 Å². The minimum absolute atomic E-state index is 0.0332. The van der Waals surface area contributed by atoms with Crippen LogP contribution in [0.3, 0.4) is 0 Å². The molecule has 16 heteroatoms. The first-order valence-electron chi connectivity index (χ1n) is 19.6. The van der Waals surface area contributed by atoms with E-state index < -0.39 is 33.4 Å². The van der Waals surface area contributed by atoms with Gasteiger partial charge in [-0.05, 0) is 38.5 Å². The molecule has 2 unspecified atom stereocenters. The molecule has 0 aromatic heterocycles. The maximum absolute atomic E-state index is 12.3. The van der Waals surface area contributed by atoms with E-state index in [1.54, 1.807) is 6.92 Å². The maximum atomic E-state index is 12.3. The van der Waals surface area contributed by atoms with Crippen molar-refractivity contribution < 1.29 is 72.8 Å². The fraction of sp³-hybridized carbons (Fsp3) is 0.944. The monoisotopic (exact) mass is 777 g/mol.